The number of aromatic hydroxyl groups is 2. The Kier molecular flexibility index (Phi) is 5.63. The van der Waals surface area contributed by atoms with Crippen molar-refractivity contribution in [3.63, 3.8) is 0 Å². The third-order valence-corrected chi connectivity index (χ3v) is 5.50. The Balaban J connectivity index is 0.00000120. The maximum atomic E-state index is 13.0. The molecule has 2 aromatic carbocycles. The fourth-order valence-electron chi connectivity index (χ4n) is 4.03. The molecule has 8 heteroatoms. The average Bonchev–Trinajstić information content (AvgIpc) is 2.93. The molecule has 1 aromatic heterocycles. The Bertz CT molecular complexity index is 1110. The molecule has 1 saturated heterocycles. The summed E-state index contributed by atoms with van der Waals surface area (Å²) in [7, 11) is 2.10. The lowest BCUT2D eigenvalue weighted by molar-refractivity contribution is 0.104. The molecular formula is C21H21Cl2N3O3. The maximum absolute atomic E-state index is 13.0. The average molecular weight is 434 g/mol. The summed E-state index contributed by atoms with van der Waals surface area (Å²) < 4.78 is 0. The number of carbonyl (C=O) groups excluding carboxylic acids is 1. The van der Waals surface area contributed by atoms with E-state index in [1.54, 1.807) is 24.3 Å². The number of pyridine rings is 1. The summed E-state index contributed by atoms with van der Waals surface area (Å²) in [6, 6.07) is 9.91. The number of nitrogens with zero attached hydrogens (tertiary/aromatic N) is 3. The minimum absolute atomic E-state index is 0. The van der Waals surface area contributed by atoms with E-state index < -0.39 is 0 Å². The maximum Gasteiger partial charge on any atom is 0.196 e. The fraction of sp³-hybridized carbons (Fsp3) is 0.238. The van der Waals surface area contributed by atoms with Gasteiger partial charge in [-0.05, 0) is 43.4 Å². The van der Waals surface area contributed by atoms with Crippen LogP contribution in [0.4, 0.5) is 5.82 Å². The Morgan fingerprint density at radius 2 is 1.52 bits per heavy atom. The van der Waals surface area contributed by atoms with Crippen LogP contribution in [0.1, 0.15) is 15.9 Å². The van der Waals surface area contributed by atoms with Gasteiger partial charge in [0, 0.05) is 48.1 Å². The van der Waals surface area contributed by atoms with Crippen LogP contribution in [-0.2, 0) is 0 Å². The largest absolute Gasteiger partial charge is 0.508 e. The summed E-state index contributed by atoms with van der Waals surface area (Å²) >= 11 is 0. The van der Waals surface area contributed by atoms with Gasteiger partial charge < -0.3 is 20.0 Å². The molecule has 2 heterocycles. The number of hydrogen-bond donors (Lipinski definition) is 2. The summed E-state index contributed by atoms with van der Waals surface area (Å²) in [4.78, 5) is 22.5. The molecule has 6 nitrogen and oxygen atoms in total. The highest BCUT2D eigenvalue weighted by atomic mass is 35.5. The number of piperazine rings is 1. The lowest BCUT2D eigenvalue weighted by atomic mass is 10.0. The van der Waals surface area contributed by atoms with Crippen LogP contribution >= 0.6 is 24.8 Å². The second-order valence-corrected chi connectivity index (χ2v) is 7.24. The third-order valence-electron chi connectivity index (χ3n) is 5.50. The SMILES string of the molecule is CN1CCN(c2nc3c(c4cc(O)ccc24)C(=O)c2cc(O)ccc2-3)CC1.Cl.Cl. The molecule has 0 saturated carbocycles. The van der Waals surface area contributed by atoms with E-state index in [9.17, 15) is 15.0 Å². The number of carbonyl (C=O) groups is 1. The van der Waals surface area contributed by atoms with Gasteiger partial charge >= 0.3 is 0 Å². The number of phenols is 2. The minimum atomic E-state index is -0.163. The third kappa shape index (κ3) is 3.27. The second kappa shape index (κ2) is 7.71. The zero-order chi connectivity index (χ0) is 18.7. The van der Waals surface area contributed by atoms with Crippen LogP contribution in [0, 0.1) is 0 Å². The summed E-state index contributed by atoms with van der Waals surface area (Å²) in [6.45, 7) is 3.60. The van der Waals surface area contributed by atoms with Gasteiger partial charge in [-0.25, -0.2) is 4.98 Å². The van der Waals surface area contributed by atoms with Gasteiger partial charge in [0.15, 0.2) is 5.78 Å². The van der Waals surface area contributed by atoms with Gasteiger partial charge in [0.25, 0.3) is 0 Å². The number of hydrogen-bond acceptors (Lipinski definition) is 6. The molecule has 2 N–H and O–H groups in total. The fourth-order valence-corrected chi connectivity index (χ4v) is 4.03. The number of rotatable bonds is 1. The highest BCUT2D eigenvalue weighted by Gasteiger charge is 2.32. The van der Waals surface area contributed by atoms with Crippen molar-refractivity contribution in [2.45, 2.75) is 0 Å². The van der Waals surface area contributed by atoms with Crippen LogP contribution in [0.3, 0.4) is 0 Å². The van der Waals surface area contributed by atoms with Crippen LogP contribution in [0.25, 0.3) is 22.0 Å². The van der Waals surface area contributed by atoms with Crippen molar-refractivity contribution in [1.29, 1.82) is 0 Å². The van der Waals surface area contributed by atoms with Crippen LogP contribution in [-0.4, -0.2) is 59.1 Å². The number of likely N-dealkylation sites (N-methyl/N-ethyl adjacent to an activating group) is 1. The molecule has 1 aliphatic heterocycles. The molecule has 5 rings (SSSR count). The Morgan fingerprint density at radius 1 is 0.862 bits per heavy atom. The van der Waals surface area contributed by atoms with Crippen molar-refractivity contribution >= 4 is 47.2 Å². The minimum Gasteiger partial charge on any atom is -0.508 e. The van der Waals surface area contributed by atoms with Crippen LogP contribution in [0.2, 0.25) is 0 Å². The summed E-state index contributed by atoms with van der Waals surface area (Å²) in [5.74, 6) is 0.850. The normalized spacial score (nSPS) is 15.5. The van der Waals surface area contributed by atoms with Gasteiger partial charge in [-0.3, -0.25) is 4.79 Å². The molecule has 0 radical (unpaired) electrons. The van der Waals surface area contributed by atoms with E-state index in [4.69, 9.17) is 4.98 Å². The first-order valence-corrected chi connectivity index (χ1v) is 9.01. The number of ketones is 1. The molecule has 2 aliphatic rings. The van der Waals surface area contributed by atoms with Gasteiger partial charge in [0.1, 0.15) is 17.3 Å². The van der Waals surface area contributed by atoms with E-state index in [2.05, 4.69) is 16.8 Å². The number of fused-ring (bicyclic) bond motifs is 5. The Hall–Kier alpha value is -2.54. The second-order valence-electron chi connectivity index (χ2n) is 7.24. The molecule has 29 heavy (non-hydrogen) atoms. The summed E-state index contributed by atoms with van der Waals surface area (Å²) in [5, 5.41) is 21.4. The summed E-state index contributed by atoms with van der Waals surface area (Å²) in [6.07, 6.45) is 0. The molecule has 0 unspecified atom stereocenters. The van der Waals surface area contributed by atoms with Gasteiger partial charge in [-0.15, -0.1) is 24.8 Å². The molecular weight excluding hydrogens is 413 g/mol. The highest BCUT2D eigenvalue weighted by molar-refractivity contribution is 6.27. The highest BCUT2D eigenvalue weighted by Crippen LogP contribution is 2.43. The number of phenolic OH excluding ortho intramolecular Hbond substituents is 2. The lowest BCUT2D eigenvalue weighted by Gasteiger charge is -2.34. The van der Waals surface area contributed by atoms with Crippen molar-refractivity contribution in [3.05, 3.63) is 47.5 Å². The van der Waals surface area contributed by atoms with Crippen LogP contribution in [0.5, 0.6) is 11.5 Å². The van der Waals surface area contributed by atoms with Crippen molar-refractivity contribution in [3.8, 4) is 22.8 Å². The van der Waals surface area contributed by atoms with E-state index >= 15 is 0 Å². The molecule has 0 bridgehead atoms. The van der Waals surface area contributed by atoms with Gasteiger partial charge in [0.05, 0.1) is 11.3 Å². The molecule has 1 aliphatic carbocycles. The first kappa shape index (κ1) is 21.2. The predicted octanol–water partition coefficient (Wildman–Crippen LogP) is 3.45. The predicted molar refractivity (Wildman–Crippen MR) is 118 cm³/mol. The van der Waals surface area contributed by atoms with E-state index in [0.717, 1.165) is 42.9 Å². The van der Waals surface area contributed by atoms with Gasteiger partial charge in [-0.2, -0.15) is 0 Å². The smallest absolute Gasteiger partial charge is 0.196 e. The van der Waals surface area contributed by atoms with Crippen LogP contribution < -0.4 is 4.90 Å². The zero-order valence-corrected chi connectivity index (χ0v) is 17.4. The molecule has 3 aromatic rings. The molecule has 152 valence electrons. The number of anilines is 1. The van der Waals surface area contributed by atoms with E-state index in [1.165, 1.54) is 6.07 Å². The van der Waals surface area contributed by atoms with Gasteiger partial charge in [0.2, 0.25) is 0 Å². The van der Waals surface area contributed by atoms with Gasteiger partial charge in [-0.1, -0.05) is 0 Å². The quantitative estimate of drug-likeness (QED) is 0.478. The number of aromatic nitrogens is 1. The molecule has 0 spiro atoms. The van der Waals surface area contributed by atoms with E-state index in [1.807, 2.05) is 6.07 Å². The van der Waals surface area contributed by atoms with Crippen molar-refractivity contribution < 1.29 is 15.0 Å². The van der Waals surface area contributed by atoms with Crippen molar-refractivity contribution in [2.24, 2.45) is 0 Å². The molecule has 0 amide bonds. The zero-order valence-electron chi connectivity index (χ0n) is 15.8. The summed E-state index contributed by atoms with van der Waals surface area (Å²) in [5.41, 5.74) is 2.31. The first-order chi connectivity index (χ1) is 13.0. The Morgan fingerprint density at radius 3 is 2.24 bits per heavy atom. The number of benzene rings is 2. The van der Waals surface area contributed by atoms with E-state index in [0.29, 0.717) is 22.2 Å². The first-order valence-electron chi connectivity index (χ1n) is 9.01. The number of halogens is 2. The molecule has 0 atom stereocenters. The van der Waals surface area contributed by atoms with E-state index in [-0.39, 0.29) is 42.1 Å². The molecule has 1 fully saturated rings. The topological polar surface area (TPSA) is 76.9 Å². The monoisotopic (exact) mass is 433 g/mol. The standard InChI is InChI=1S/C21H19N3O3.2ClH/c1-23-6-8-24(9-7-23)21-15-5-3-12(25)10-16(15)18-19(22-21)14-4-2-13(26)11-17(14)20(18)27;;/h2-5,10-11,25-26H,6-9H2,1H3;2*1H. The van der Waals surface area contributed by atoms with Crippen molar-refractivity contribution in [2.75, 3.05) is 38.1 Å². The van der Waals surface area contributed by atoms with Crippen LogP contribution in [0.15, 0.2) is 36.4 Å². The lowest BCUT2D eigenvalue weighted by Crippen LogP contribution is -2.45. The Labute approximate surface area is 180 Å². The van der Waals surface area contributed by atoms with Crippen molar-refractivity contribution in [1.82, 2.24) is 9.88 Å².